The summed E-state index contributed by atoms with van der Waals surface area (Å²) in [6.45, 7) is -0.410. The third-order valence-corrected chi connectivity index (χ3v) is 3.30. The number of carbonyl (C=O) groups is 1. The van der Waals surface area contributed by atoms with E-state index >= 15 is 0 Å². The molecule has 3 rings (SSSR count). The summed E-state index contributed by atoms with van der Waals surface area (Å²) in [7, 11) is 0. The summed E-state index contributed by atoms with van der Waals surface area (Å²) in [5.41, 5.74) is -0.139. The summed E-state index contributed by atoms with van der Waals surface area (Å²) >= 11 is 5.79. The molecule has 0 aliphatic carbocycles. The van der Waals surface area contributed by atoms with Crippen LogP contribution in [0.2, 0.25) is 5.02 Å². The van der Waals surface area contributed by atoms with Gasteiger partial charge in [0.05, 0.1) is 0 Å². The van der Waals surface area contributed by atoms with E-state index in [9.17, 15) is 13.6 Å². The van der Waals surface area contributed by atoms with E-state index in [1.165, 1.54) is 0 Å². The Kier molecular flexibility index (Phi) is 4.52. The summed E-state index contributed by atoms with van der Waals surface area (Å²) in [6, 6.07) is 9.75. The highest BCUT2D eigenvalue weighted by atomic mass is 35.5. The van der Waals surface area contributed by atoms with Gasteiger partial charge in [0.1, 0.15) is 17.2 Å². The average Bonchev–Trinajstić information content (AvgIpc) is 3.02. The van der Waals surface area contributed by atoms with Crippen molar-refractivity contribution >= 4 is 17.6 Å². The Morgan fingerprint density at radius 3 is 2.42 bits per heavy atom. The van der Waals surface area contributed by atoms with Gasteiger partial charge in [-0.1, -0.05) is 17.7 Å². The van der Waals surface area contributed by atoms with Crippen LogP contribution >= 0.6 is 11.6 Å². The van der Waals surface area contributed by atoms with Crippen LogP contribution in [0.25, 0.3) is 11.5 Å². The van der Waals surface area contributed by atoms with Crippen LogP contribution in [0, 0.1) is 11.6 Å². The van der Waals surface area contributed by atoms with Crippen LogP contribution in [0.3, 0.4) is 0 Å². The van der Waals surface area contributed by atoms with Crippen molar-refractivity contribution in [3.63, 3.8) is 0 Å². The molecule has 0 bridgehead atoms. The van der Waals surface area contributed by atoms with Crippen LogP contribution in [0.4, 0.5) is 8.78 Å². The van der Waals surface area contributed by atoms with Gasteiger partial charge in [0.25, 0.3) is 5.89 Å². The second-order valence-corrected chi connectivity index (χ2v) is 5.12. The molecule has 2 aromatic carbocycles. The highest BCUT2D eigenvalue weighted by Crippen LogP contribution is 2.21. The number of aromatic nitrogens is 2. The molecule has 0 aliphatic heterocycles. The maximum atomic E-state index is 13.5. The lowest BCUT2D eigenvalue weighted by atomic mass is 10.2. The van der Waals surface area contributed by atoms with Gasteiger partial charge in [-0.3, -0.25) is 0 Å². The first kappa shape index (κ1) is 16.1. The molecule has 3 aromatic rings. The minimum absolute atomic E-state index is 0.00922. The molecule has 0 spiro atoms. The molecule has 0 N–H and O–H groups in total. The number of esters is 1. The van der Waals surface area contributed by atoms with Gasteiger partial charge in [0.2, 0.25) is 5.89 Å². The molecule has 5 nitrogen and oxygen atoms in total. The van der Waals surface area contributed by atoms with Gasteiger partial charge in [-0.25, -0.2) is 13.6 Å². The molecule has 0 atom stereocenters. The van der Waals surface area contributed by atoms with E-state index < -0.39 is 29.8 Å². The van der Waals surface area contributed by atoms with Gasteiger partial charge in [-0.05, 0) is 36.4 Å². The first-order valence-electron chi connectivity index (χ1n) is 6.74. The molecule has 0 fully saturated rings. The molecule has 0 unspecified atom stereocenters. The van der Waals surface area contributed by atoms with Crippen molar-refractivity contribution in [1.82, 2.24) is 10.2 Å². The zero-order chi connectivity index (χ0) is 17.1. The van der Waals surface area contributed by atoms with Crippen molar-refractivity contribution in [3.05, 3.63) is 70.6 Å². The van der Waals surface area contributed by atoms with E-state index in [4.69, 9.17) is 20.8 Å². The Hall–Kier alpha value is -2.80. The lowest BCUT2D eigenvalue weighted by Gasteiger charge is -2.04. The van der Waals surface area contributed by atoms with E-state index in [1.54, 1.807) is 24.3 Å². The van der Waals surface area contributed by atoms with Crippen LogP contribution in [0.1, 0.15) is 16.2 Å². The van der Waals surface area contributed by atoms with Crippen molar-refractivity contribution in [2.45, 2.75) is 6.61 Å². The van der Waals surface area contributed by atoms with Crippen LogP contribution < -0.4 is 0 Å². The highest BCUT2D eigenvalue weighted by molar-refractivity contribution is 6.30. The number of rotatable bonds is 4. The van der Waals surface area contributed by atoms with Gasteiger partial charge in [0, 0.05) is 10.6 Å². The summed E-state index contributed by atoms with van der Waals surface area (Å²) in [5.74, 6) is -2.98. The topological polar surface area (TPSA) is 65.2 Å². The molecule has 8 heteroatoms. The van der Waals surface area contributed by atoms with E-state index in [-0.39, 0.29) is 11.8 Å². The van der Waals surface area contributed by atoms with Gasteiger partial charge in [-0.15, -0.1) is 10.2 Å². The van der Waals surface area contributed by atoms with Crippen LogP contribution in [-0.2, 0) is 11.3 Å². The molecular weight excluding hydrogens is 342 g/mol. The van der Waals surface area contributed by atoms with Crippen molar-refractivity contribution < 1.29 is 22.7 Å². The molecule has 24 heavy (non-hydrogen) atoms. The number of carbonyl (C=O) groups excluding carboxylic acids is 1. The molecule has 122 valence electrons. The molecule has 1 aromatic heterocycles. The monoisotopic (exact) mass is 350 g/mol. The largest absolute Gasteiger partial charge is 0.452 e. The van der Waals surface area contributed by atoms with E-state index in [1.807, 2.05) is 0 Å². The predicted molar refractivity (Wildman–Crippen MR) is 80.2 cm³/mol. The maximum absolute atomic E-state index is 13.5. The lowest BCUT2D eigenvalue weighted by molar-refractivity contribution is 0.0427. The van der Waals surface area contributed by atoms with E-state index in [0.29, 0.717) is 10.6 Å². The molecular formula is C16H9ClF2N2O3. The number of hydrogen-bond donors (Lipinski definition) is 0. The predicted octanol–water partition coefficient (Wildman–Crippen LogP) is 4.03. The number of nitrogens with zero attached hydrogens (tertiary/aromatic N) is 2. The summed E-state index contributed by atoms with van der Waals surface area (Å²) in [5, 5.41) is 8.07. The van der Waals surface area contributed by atoms with Gasteiger partial charge in [-0.2, -0.15) is 0 Å². The van der Waals surface area contributed by atoms with Gasteiger partial charge >= 0.3 is 5.97 Å². The maximum Gasteiger partial charge on any atom is 0.344 e. The Labute approximate surface area is 139 Å². The van der Waals surface area contributed by atoms with Crippen LogP contribution in [0.15, 0.2) is 46.9 Å². The Balaban J connectivity index is 1.69. The van der Waals surface area contributed by atoms with Gasteiger partial charge in [0.15, 0.2) is 6.61 Å². The van der Waals surface area contributed by atoms with Crippen LogP contribution in [0.5, 0.6) is 0 Å². The van der Waals surface area contributed by atoms with E-state index in [2.05, 4.69) is 10.2 Å². The summed E-state index contributed by atoms with van der Waals surface area (Å²) < 4.78 is 37.1. The number of halogens is 3. The Morgan fingerprint density at radius 2 is 1.75 bits per heavy atom. The molecule has 0 amide bonds. The average molecular weight is 351 g/mol. The fourth-order valence-corrected chi connectivity index (χ4v) is 2.04. The molecule has 1 heterocycles. The smallest absolute Gasteiger partial charge is 0.344 e. The molecule has 0 saturated heterocycles. The fourth-order valence-electron chi connectivity index (χ4n) is 1.91. The first-order valence-corrected chi connectivity index (χ1v) is 7.12. The van der Waals surface area contributed by atoms with Crippen molar-refractivity contribution in [2.24, 2.45) is 0 Å². The second kappa shape index (κ2) is 6.76. The van der Waals surface area contributed by atoms with Crippen LogP contribution in [-0.4, -0.2) is 16.2 Å². The van der Waals surface area contributed by atoms with Gasteiger partial charge < -0.3 is 9.15 Å². The Bertz CT molecular complexity index is 861. The third kappa shape index (κ3) is 3.41. The minimum Gasteiger partial charge on any atom is -0.452 e. The highest BCUT2D eigenvalue weighted by Gasteiger charge is 2.19. The number of ether oxygens (including phenoxy) is 1. The molecule has 0 aliphatic rings. The number of benzene rings is 2. The zero-order valence-electron chi connectivity index (χ0n) is 12.0. The quantitative estimate of drug-likeness (QED) is 0.665. The normalized spacial score (nSPS) is 10.6. The standard InChI is InChI=1S/C16H9ClF2N2O3/c17-10-6-4-9(5-7-10)15-21-20-13(24-15)8-23-16(22)14-11(18)2-1-3-12(14)19/h1-7H,8H2. The summed E-state index contributed by atoms with van der Waals surface area (Å²) in [6.07, 6.45) is 0. The van der Waals surface area contributed by atoms with Crippen molar-refractivity contribution in [3.8, 4) is 11.5 Å². The number of hydrogen-bond acceptors (Lipinski definition) is 5. The SMILES string of the molecule is O=C(OCc1nnc(-c2ccc(Cl)cc2)o1)c1c(F)cccc1F. The van der Waals surface area contributed by atoms with Crippen molar-refractivity contribution in [2.75, 3.05) is 0 Å². The van der Waals surface area contributed by atoms with E-state index in [0.717, 1.165) is 18.2 Å². The molecule has 0 radical (unpaired) electrons. The second-order valence-electron chi connectivity index (χ2n) is 4.68. The fraction of sp³-hybridized carbons (Fsp3) is 0.0625. The zero-order valence-corrected chi connectivity index (χ0v) is 12.8. The lowest BCUT2D eigenvalue weighted by Crippen LogP contribution is -2.10. The minimum atomic E-state index is -1.16. The Morgan fingerprint density at radius 1 is 1.08 bits per heavy atom. The first-order chi connectivity index (χ1) is 11.5. The summed E-state index contributed by atoms with van der Waals surface area (Å²) in [4.78, 5) is 11.8. The molecule has 0 saturated carbocycles. The van der Waals surface area contributed by atoms with Crippen molar-refractivity contribution in [1.29, 1.82) is 0 Å². The third-order valence-electron chi connectivity index (χ3n) is 3.05.